The molecule has 0 aliphatic carbocycles. The SMILES string of the molecule is CNC(=O)c1nn(C)c(C)c1CCOc1cc(Cl)ccc1-c1ccc2ncc(CCN)n2c1. The van der Waals surface area contributed by atoms with Crippen molar-refractivity contribution >= 4 is 23.2 Å². The first kappa shape index (κ1) is 22.8. The van der Waals surface area contributed by atoms with Gasteiger partial charge in [0.2, 0.25) is 0 Å². The largest absolute Gasteiger partial charge is 0.493 e. The summed E-state index contributed by atoms with van der Waals surface area (Å²) in [6, 6.07) is 9.59. The molecule has 0 radical (unpaired) electrons. The Hall–Kier alpha value is -3.36. The zero-order valence-corrected chi connectivity index (χ0v) is 19.7. The number of benzene rings is 1. The molecule has 3 N–H and O–H groups in total. The maximum absolute atomic E-state index is 12.2. The van der Waals surface area contributed by atoms with Crippen LogP contribution in [0.25, 0.3) is 16.8 Å². The average Bonchev–Trinajstić information content (AvgIpc) is 3.34. The fourth-order valence-electron chi connectivity index (χ4n) is 3.89. The van der Waals surface area contributed by atoms with E-state index in [0.29, 0.717) is 36.0 Å². The molecule has 0 aliphatic rings. The molecule has 0 fully saturated rings. The minimum atomic E-state index is -0.209. The molecule has 9 heteroatoms. The van der Waals surface area contributed by atoms with Gasteiger partial charge in [0.25, 0.3) is 5.91 Å². The number of carbonyl (C=O) groups excluding carboxylic acids is 1. The summed E-state index contributed by atoms with van der Waals surface area (Å²) in [5.41, 5.74) is 11.8. The van der Waals surface area contributed by atoms with Crippen LogP contribution in [0.4, 0.5) is 0 Å². The number of hydrogen-bond donors (Lipinski definition) is 2. The third-order valence-electron chi connectivity index (χ3n) is 5.75. The summed E-state index contributed by atoms with van der Waals surface area (Å²) in [5.74, 6) is 0.462. The molecule has 0 spiro atoms. The molecule has 4 rings (SSSR count). The Morgan fingerprint density at radius 2 is 2.06 bits per heavy atom. The summed E-state index contributed by atoms with van der Waals surface area (Å²) in [6.45, 7) is 2.87. The van der Waals surface area contributed by atoms with Crippen LogP contribution in [0.2, 0.25) is 5.02 Å². The standard InChI is InChI=1S/C24H27ClN6O2/c1-15-19(23(24(32)27-2)29-30(15)3)9-11-33-21-12-17(25)5-6-20(21)16-4-7-22-28-13-18(8-10-26)31(22)14-16/h4-7,12-14H,8-11,26H2,1-3H3,(H,27,32). The number of nitrogens with one attached hydrogen (secondary N) is 1. The lowest BCUT2D eigenvalue weighted by Crippen LogP contribution is -2.20. The number of aryl methyl sites for hydroxylation is 1. The molecule has 0 saturated carbocycles. The van der Waals surface area contributed by atoms with E-state index < -0.39 is 0 Å². The number of aromatic nitrogens is 4. The minimum Gasteiger partial charge on any atom is -0.493 e. The third kappa shape index (κ3) is 4.58. The first-order valence-electron chi connectivity index (χ1n) is 10.8. The van der Waals surface area contributed by atoms with Crippen LogP contribution < -0.4 is 15.8 Å². The Morgan fingerprint density at radius 3 is 2.82 bits per heavy atom. The van der Waals surface area contributed by atoms with Crippen LogP contribution in [-0.2, 0) is 19.9 Å². The maximum atomic E-state index is 12.2. The molecule has 0 bridgehead atoms. The molecule has 3 heterocycles. The van der Waals surface area contributed by atoms with Gasteiger partial charge in [-0.05, 0) is 43.8 Å². The van der Waals surface area contributed by atoms with Crippen molar-refractivity contribution in [1.29, 1.82) is 0 Å². The molecular formula is C24H27ClN6O2. The monoisotopic (exact) mass is 466 g/mol. The van der Waals surface area contributed by atoms with Crippen molar-refractivity contribution in [2.45, 2.75) is 19.8 Å². The van der Waals surface area contributed by atoms with E-state index in [1.807, 2.05) is 56.7 Å². The van der Waals surface area contributed by atoms with E-state index in [0.717, 1.165) is 40.1 Å². The molecule has 0 saturated heterocycles. The molecule has 4 aromatic rings. The average molecular weight is 467 g/mol. The molecule has 1 amide bonds. The highest BCUT2D eigenvalue weighted by atomic mass is 35.5. The summed E-state index contributed by atoms with van der Waals surface area (Å²) in [4.78, 5) is 16.7. The number of halogens is 1. The van der Waals surface area contributed by atoms with Crippen LogP contribution in [-0.4, -0.2) is 45.3 Å². The van der Waals surface area contributed by atoms with Gasteiger partial charge in [-0.1, -0.05) is 11.6 Å². The van der Waals surface area contributed by atoms with Gasteiger partial charge in [0.1, 0.15) is 11.4 Å². The summed E-state index contributed by atoms with van der Waals surface area (Å²) in [6.07, 6.45) is 5.17. The Balaban J connectivity index is 1.61. The second kappa shape index (κ2) is 9.64. The summed E-state index contributed by atoms with van der Waals surface area (Å²) in [5, 5.41) is 7.58. The van der Waals surface area contributed by atoms with E-state index in [-0.39, 0.29) is 5.91 Å². The number of nitrogens with two attached hydrogens (primary N) is 1. The van der Waals surface area contributed by atoms with E-state index in [9.17, 15) is 4.79 Å². The first-order valence-corrected chi connectivity index (χ1v) is 11.1. The number of hydrogen-bond acceptors (Lipinski definition) is 5. The molecule has 1 aromatic carbocycles. The van der Waals surface area contributed by atoms with Crippen molar-refractivity contribution in [3.8, 4) is 16.9 Å². The Morgan fingerprint density at radius 1 is 1.24 bits per heavy atom. The molecule has 172 valence electrons. The Bertz CT molecular complexity index is 1310. The van der Waals surface area contributed by atoms with Crippen molar-refractivity contribution in [3.63, 3.8) is 0 Å². The van der Waals surface area contributed by atoms with Gasteiger partial charge in [-0.25, -0.2) is 4.98 Å². The van der Waals surface area contributed by atoms with Crippen LogP contribution in [0.1, 0.15) is 27.4 Å². The number of fused-ring (bicyclic) bond motifs is 1. The number of rotatable bonds is 8. The van der Waals surface area contributed by atoms with Crippen molar-refractivity contribution in [1.82, 2.24) is 24.5 Å². The fourth-order valence-corrected chi connectivity index (χ4v) is 4.05. The first-order chi connectivity index (χ1) is 15.9. The summed E-state index contributed by atoms with van der Waals surface area (Å²) >= 11 is 6.28. The van der Waals surface area contributed by atoms with E-state index in [1.54, 1.807) is 11.7 Å². The molecular weight excluding hydrogens is 440 g/mol. The number of pyridine rings is 1. The molecule has 8 nitrogen and oxygen atoms in total. The number of amides is 1. The van der Waals surface area contributed by atoms with Crippen LogP contribution in [0.3, 0.4) is 0 Å². The van der Waals surface area contributed by atoms with Gasteiger partial charge >= 0.3 is 0 Å². The predicted molar refractivity (Wildman–Crippen MR) is 129 cm³/mol. The summed E-state index contributed by atoms with van der Waals surface area (Å²) in [7, 11) is 3.42. The van der Waals surface area contributed by atoms with E-state index in [4.69, 9.17) is 22.1 Å². The van der Waals surface area contributed by atoms with Crippen molar-refractivity contribution in [2.75, 3.05) is 20.2 Å². The van der Waals surface area contributed by atoms with Gasteiger partial charge in [-0.3, -0.25) is 9.48 Å². The van der Waals surface area contributed by atoms with Gasteiger partial charge in [0, 0.05) is 72.4 Å². The highest BCUT2D eigenvalue weighted by Crippen LogP contribution is 2.33. The zero-order chi connectivity index (χ0) is 23.5. The number of ether oxygens (including phenoxy) is 1. The predicted octanol–water partition coefficient (Wildman–Crippen LogP) is 3.18. The Labute approximate surface area is 197 Å². The second-order valence-electron chi connectivity index (χ2n) is 7.79. The second-order valence-corrected chi connectivity index (χ2v) is 8.22. The molecule has 0 unspecified atom stereocenters. The van der Waals surface area contributed by atoms with Gasteiger partial charge in [-0.15, -0.1) is 0 Å². The molecule has 33 heavy (non-hydrogen) atoms. The lowest BCUT2D eigenvalue weighted by molar-refractivity contribution is 0.0956. The van der Waals surface area contributed by atoms with Gasteiger partial charge < -0.3 is 20.2 Å². The van der Waals surface area contributed by atoms with Crippen LogP contribution in [0.5, 0.6) is 5.75 Å². The zero-order valence-electron chi connectivity index (χ0n) is 18.9. The highest BCUT2D eigenvalue weighted by molar-refractivity contribution is 6.30. The van der Waals surface area contributed by atoms with Crippen LogP contribution in [0.15, 0.2) is 42.7 Å². The van der Waals surface area contributed by atoms with Gasteiger partial charge in [0.05, 0.1) is 6.61 Å². The fraction of sp³-hybridized carbons (Fsp3) is 0.292. The number of carbonyl (C=O) groups is 1. The number of imidazole rings is 1. The Kier molecular flexibility index (Phi) is 6.67. The van der Waals surface area contributed by atoms with Crippen LogP contribution in [0, 0.1) is 6.92 Å². The van der Waals surface area contributed by atoms with Crippen molar-refractivity contribution in [2.24, 2.45) is 12.8 Å². The highest BCUT2D eigenvalue weighted by Gasteiger charge is 2.19. The normalized spacial score (nSPS) is 11.2. The molecule has 0 aliphatic heterocycles. The third-order valence-corrected chi connectivity index (χ3v) is 5.98. The smallest absolute Gasteiger partial charge is 0.271 e. The van der Waals surface area contributed by atoms with Crippen molar-refractivity contribution in [3.05, 3.63) is 70.4 Å². The van der Waals surface area contributed by atoms with Gasteiger partial charge in [-0.2, -0.15) is 5.10 Å². The quantitative estimate of drug-likeness (QED) is 0.415. The van der Waals surface area contributed by atoms with Crippen LogP contribution >= 0.6 is 11.6 Å². The van der Waals surface area contributed by atoms with Gasteiger partial charge in [0.15, 0.2) is 5.69 Å². The maximum Gasteiger partial charge on any atom is 0.271 e. The lowest BCUT2D eigenvalue weighted by atomic mass is 10.1. The summed E-state index contributed by atoms with van der Waals surface area (Å²) < 4.78 is 9.95. The molecule has 0 atom stereocenters. The van der Waals surface area contributed by atoms with E-state index >= 15 is 0 Å². The van der Waals surface area contributed by atoms with E-state index in [1.165, 1.54) is 0 Å². The topological polar surface area (TPSA) is 99.5 Å². The minimum absolute atomic E-state index is 0.209. The lowest BCUT2D eigenvalue weighted by Gasteiger charge is -2.13. The van der Waals surface area contributed by atoms with Crippen molar-refractivity contribution < 1.29 is 9.53 Å². The molecule has 3 aromatic heterocycles. The number of nitrogens with zero attached hydrogens (tertiary/aromatic N) is 4. The van der Waals surface area contributed by atoms with E-state index in [2.05, 4.69) is 19.8 Å².